The number of rotatable bonds is 2. The fourth-order valence-corrected chi connectivity index (χ4v) is 0.749. The number of ether oxygens (including phenoxy) is 1. The maximum Gasteiger partial charge on any atom is 0.340 e. The van der Waals surface area contributed by atoms with Crippen LogP contribution in [-0.4, -0.2) is 17.6 Å². The topological polar surface area (TPSA) is 39.2 Å². The Hall–Kier alpha value is -1.38. The number of esters is 1. The number of pyridine rings is 1. The molecule has 1 aromatic rings. The molecular formula is C9H10NO2. The van der Waals surface area contributed by atoms with Crippen molar-refractivity contribution in [3.63, 3.8) is 0 Å². The first-order chi connectivity index (χ1) is 5.74. The Labute approximate surface area is 71.4 Å². The van der Waals surface area contributed by atoms with E-state index < -0.39 is 0 Å². The minimum absolute atomic E-state index is 0.370. The lowest BCUT2D eigenvalue weighted by atomic mass is 10.2. The second kappa shape index (κ2) is 3.85. The summed E-state index contributed by atoms with van der Waals surface area (Å²) >= 11 is 0. The summed E-state index contributed by atoms with van der Waals surface area (Å²) in [6, 6.07) is 3.41. The molecule has 0 aliphatic carbocycles. The van der Waals surface area contributed by atoms with Gasteiger partial charge in [-0.3, -0.25) is 4.98 Å². The summed E-state index contributed by atoms with van der Waals surface area (Å²) in [6.45, 7) is 3.98. The zero-order valence-electron chi connectivity index (χ0n) is 7.13. The van der Waals surface area contributed by atoms with E-state index in [1.807, 2.05) is 6.92 Å². The van der Waals surface area contributed by atoms with E-state index in [-0.39, 0.29) is 5.97 Å². The van der Waals surface area contributed by atoms with Crippen LogP contribution in [0.5, 0.6) is 0 Å². The summed E-state index contributed by atoms with van der Waals surface area (Å²) < 4.78 is 4.76. The molecular weight excluding hydrogens is 154 g/mol. The van der Waals surface area contributed by atoms with Gasteiger partial charge in [-0.25, -0.2) is 4.79 Å². The molecule has 3 nitrogen and oxygen atoms in total. The summed E-state index contributed by atoms with van der Waals surface area (Å²) in [6.07, 6.45) is 2.60. The lowest BCUT2D eigenvalue weighted by Crippen LogP contribution is -2.05. The van der Waals surface area contributed by atoms with E-state index >= 15 is 0 Å². The maximum absolute atomic E-state index is 11.1. The van der Waals surface area contributed by atoms with Crippen LogP contribution in [0.25, 0.3) is 0 Å². The van der Waals surface area contributed by atoms with Crippen molar-refractivity contribution in [2.24, 2.45) is 0 Å². The van der Waals surface area contributed by atoms with Gasteiger partial charge in [-0.15, -0.1) is 0 Å². The molecule has 0 aliphatic heterocycles. The summed E-state index contributed by atoms with van der Waals surface area (Å²) in [7, 11) is 0. The molecule has 0 saturated carbocycles. The van der Waals surface area contributed by atoms with Gasteiger partial charge in [-0.1, -0.05) is 0 Å². The second-order valence-corrected chi connectivity index (χ2v) is 2.33. The molecule has 12 heavy (non-hydrogen) atoms. The van der Waals surface area contributed by atoms with E-state index in [4.69, 9.17) is 4.74 Å². The van der Waals surface area contributed by atoms with E-state index in [2.05, 4.69) is 11.2 Å². The minimum Gasteiger partial charge on any atom is -0.462 e. The van der Waals surface area contributed by atoms with Crippen molar-refractivity contribution < 1.29 is 9.53 Å². The quantitative estimate of drug-likeness (QED) is 0.619. The van der Waals surface area contributed by atoms with Crippen LogP contribution in [0.4, 0.5) is 0 Å². The van der Waals surface area contributed by atoms with Gasteiger partial charge in [0.2, 0.25) is 0 Å². The normalized spacial score (nSPS) is 9.50. The first-order valence-electron chi connectivity index (χ1n) is 3.76. The number of hydrogen-bond acceptors (Lipinski definition) is 3. The number of aryl methyl sites for hydroxylation is 1. The van der Waals surface area contributed by atoms with Gasteiger partial charge in [0.15, 0.2) is 0 Å². The molecule has 1 rings (SSSR count). The van der Waals surface area contributed by atoms with Crippen LogP contribution in [0.1, 0.15) is 23.0 Å². The van der Waals surface area contributed by atoms with Gasteiger partial charge in [-0.05, 0) is 26.0 Å². The molecule has 0 unspecified atom stereocenters. The van der Waals surface area contributed by atoms with Crippen LogP contribution in [0.2, 0.25) is 0 Å². The fraction of sp³-hybridized carbons (Fsp3) is 0.333. The molecule has 0 atom stereocenters. The van der Waals surface area contributed by atoms with Gasteiger partial charge in [-0.2, -0.15) is 0 Å². The SMILES string of the molecule is CCOC(=O)c1[c]nc(C)cc1. The van der Waals surface area contributed by atoms with Gasteiger partial charge in [0.1, 0.15) is 6.20 Å². The number of carbonyl (C=O) groups is 1. The molecule has 1 heterocycles. The summed E-state index contributed by atoms with van der Waals surface area (Å²) in [5.41, 5.74) is 1.21. The van der Waals surface area contributed by atoms with Gasteiger partial charge >= 0.3 is 5.97 Å². The number of carbonyl (C=O) groups excluding carboxylic acids is 1. The molecule has 0 bridgehead atoms. The Kier molecular flexibility index (Phi) is 2.80. The second-order valence-electron chi connectivity index (χ2n) is 2.33. The van der Waals surface area contributed by atoms with Crippen LogP contribution in [-0.2, 0) is 4.74 Å². The molecule has 0 aromatic carbocycles. The Bertz CT molecular complexity index is 266. The maximum atomic E-state index is 11.1. The van der Waals surface area contributed by atoms with Gasteiger partial charge in [0, 0.05) is 5.69 Å². The molecule has 0 saturated heterocycles. The van der Waals surface area contributed by atoms with E-state index in [9.17, 15) is 4.79 Å². The molecule has 0 N–H and O–H groups in total. The standard InChI is InChI=1S/C9H10NO2/c1-3-12-9(11)8-5-4-7(2)10-6-8/h4-5H,3H2,1-2H3. The average Bonchev–Trinajstić information content (AvgIpc) is 2.06. The van der Waals surface area contributed by atoms with E-state index in [1.165, 1.54) is 0 Å². The van der Waals surface area contributed by atoms with Crippen molar-refractivity contribution >= 4 is 5.97 Å². The molecule has 0 spiro atoms. The lowest BCUT2D eigenvalue weighted by molar-refractivity contribution is 0.0525. The highest BCUT2D eigenvalue weighted by atomic mass is 16.5. The van der Waals surface area contributed by atoms with Crippen LogP contribution >= 0.6 is 0 Å². The first-order valence-corrected chi connectivity index (χ1v) is 3.76. The van der Waals surface area contributed by atoms with Gasteiger partial charge in [0.25, 0.3) is 0 Å². The minimum atomic E-state index is -0.370. The first kappa shape index (κ1) is 8.71. The highest BCUT2D eigenvalue weighted by Crippen LogP contribution is 2.00. The summed E-state index contributed by atoms with van der Waals surface area (Å²) in [5.74, 6) is -0.370. The van der Waals surface area contributed by atoms with E-state index in [1.54, 1.807) is 19.1 Å². The number of nitrogens with zero attached hydrogens (tertiary/aromatic N) is 1. The number of aromatic nitrogens is 1. The highest BCUT2D eigenvalue weighted by Gasteiger charge is 2.05. The smallest absolute Gasteiger partial charge is 0.340 e. The van der Waals surface area contributed by atoms with Crippen LogP contribution in [0.15, 0.2) is 12.1 Å². The molecule has 0 fully saturated rings. The van der Waals surface area contributed by atoms with Gasteiger partial charge in [0.05, 0.1) is 12.2 Å². The van der Waals surface area contributed by atoms with E-state index in [0.717, 1.165) is 5.69 Å². The molecule has 0 aliphatic rings. The third kappa shape index (κ3) is 2.05. The highest BCUT2D eigenvalue weighted by molar-refractivity contribution is 5.88. The molecule has 0 amide bonds. The Morgan fingerprint density at radius 2 is 2.42 bits per heavy atom. The van der Waals surface area contributed by atoms with Crippen molar-refractivity contribution in [1.82, 2.24) is 4.98 Å². The molecule has 1 aromatic heterocycles. The summed E-state index contributed by atoms with van der Waals surface area (Å²) in [5, 5.41) is 0. The predicted molar refractivity (Wildman–Crippen MR) is 43.8 cm³/mol. The average molecular weight is 164 g/mol. The van der Waals surface area contributed by atoms with E-state index in [0.29, 0.717) is 12.2 Å². The summed E-state index contributed by atoms with van der Waals surface area (Å²) in [4.78, 5) is 14.9. The van der Waals surface area contributed by atoms with Crippen LogP contribution in [0.3, 0.4) is 0 Å². The fourth-order valence-electron chi connectivity index (χ4n) is 0.749. The molecule has 63 valence electrons. The lowest BCUT2D eigenvalue weighted by Gasteiger charge is -1.99. The third-order valence-electron chi connectivity index (χ3n) is 1.34. The number of hydrogen-bond donors (Lipinski definition) is 0. The Balaban J connectivity index is 2.75. The largest absolute Gasteiger partial charge is 0.462 e. The Morgan fingerprint density at radius 1 is 1.67 bits per heavy atom. The van der Waals surface area contributed by atoms with Crippen molar-refractivity contribution in [1.29, 1.82) is 0 Å². The Morgan fingerprint density at radius 3 is 2.92 bits per heavy atom. The van der Waals surface area contributed by atoms with Crippen molar-refractivity contribution in [3.8, 4) is 0 Å². The van der Waals surface area contributed by atoms with Crippen LogP contribution < -0.4 is 0 Å². The molecule has 3 heteroatoms. The zero-order valence-corrected chi connectivity index (χ0v) is 7.13. The molecule has 1 radical (unpaired) electrons. The van der Waals surface area contributed by atoms with Crippen LogP contribution in [0, 0.1) is 13.1 Å². The zero-order chi connectivity index (χ0) is 8.97. The van der Waals surface area contributed by atoms with Gasteiger partial charge < -0.3 is 4.74 Å². The third-order valence-corrected chi connectivity index (χ3v) is 1.34. The van der Waals surface area contributed by atoms with Crippen molar-refractivity contribution in [2.45, 2.75) is 13.8 Å². The predicted octanol–water partition coefficient (Wildman–Crippen LogP) is 1.37. The van der Waals surface area contributed by atoms with Crippen molar-refractivity contribution in [2.75, 3.05) is 6.61 Å². The van der Waals surface area contributed by atoms with Crippen molar-refractivity contribution in [3.05, 3.63) is 29.6 Å². The monoisotopic (exact) mass is 164 g/mol.